The normalized spacial score (nSPS) is 12.0. The quantitative estimate of drug-likeness (QED) is 0.318. The number of rotatable bonds is 9. The largest absolute Gasteiger partial charge is 0.496 e. The van der Waals surface area contributed by atoms with Gasteiger partial charge in [0.25, 0.3) is 0 Å². The molecule has 0 heterocycles. The Morgan fingerprint density at radius 1 is 1.00 bits per heavy atom. The Kier molecular flexibility index (Phi) is 8.36. The van der Waals surface area contributed by atoms with E-state index in [0.717, 1.165) is 53.6 Å². The third kappa shape index (κ3) is 5.26. The minimum atomic E-state index is 0.0735. The van der Waals surface area contributed by atoms with Crippen molar-refractivity contribution in [3.05, 3.63) is 42.0 Å². The Bertz CT molecular complexity index is 669. The summed E-state index contributed by atoms with van der Waals surface area (Å²) in [7, 11) is 6.18. The van der Waals surface area contributed by atoms with Crippen molar-refractivity contribution in [2.45, 2.75) is 31.1 Å². The predicted molar refractivity (Wildman–Crippen MR) is 112 cm³/mol. The Hall–Kier alpha value is -0.950. The van der Waals surface area contributed by atoms with E-state index in [1.165, 1.54) is 5.56 Å². The molecule has 0 aliphatic carbocycles. The van der Waals surface area contributed by atoms with Gasteiger partial charge < -0.3 is 9.47 Å². The molecule has 0 spiro atoms. The molecule has 0 saturated heterocycles. The molecule has 2 atom stereocenters. The van der Waals surface area contributed by atoms with Gasteiger partial charge in [-0.25, -0.2) is 0 Å². The molecule has 0 aromatic heterocycles. The number of ether oxygens (including phenoxy) is 2. The smallest absolute Gasteiger partial charge is 0.130 e. The molecule has 2 unspecified atom stereocenters. The average molecular weight is 399 g/mol. The second-order valence-corrected chi connectivity index (χ2v) is 7.51. The van der Waals surface area contributed by atoms with E-state index in [-0.39, 0.29) is 5.38 Å². The second-order valence-electron chi connectivity index (χ2n) is 5.90. The first-order chi connectivity index (χ1) is 12.1. The first-order valence-corrected chi connectivity index (χ1v) is 9.96. The lowest BCUT2D eigenvalue weighted by Crippen LogP contribution is -2.12. The van der Waals surface area contributed by atoms with Crippen molar-refractivity contribution < 1.29 is 9.47 Å². The van der Waals surface area contributed by atoms with Crippen LogP contribution in [0, 0.1) is 0 Å². The molecular formula is C20H25Cl2O2P. The van der Waals surface area contributed by atoms with Gasteiger partial charge in [0.2, 0.25) is 0 Å². The molecule has 0 aliphatic heterocycles. The van der Waals surface area contributed by atoms with Crippen LogP contribution in [0.1, 0.15) is 24.8 Å². The molecular weight excluding hydrogens is 374 g/mol. The molecule has 0 saturated carbocycles. The molecule has 2 rings (SSSR count). The molecule has 2 aromatic carbocycles. The van der Waals surface area contributed by atoms with E-state index in [4.69, 9.17) is 32.7 Å². The Morgan fingerprint density at radius 3 is 2.24 bits per heavy atom. The van der Waals surface area contributed by atoms with Crippen LogP contribution >= 0.6 is 32.4 Å². The highest BCUT2D eigenvalue weighted by atomic mass is 35.5. The lowest BCUT2D eigenvalue weighted by molar-refractivity contribution is 0.397. The van der Waals surface area contributed by atoms with Crippen LogP contribution in [-0.4, -0.2) is 25.5 Å². The van der Waals surface area contributed by atoms with Crippen molar-refractivity contribution in [1.82, 2.24) is 0 Å². The van der Waals surface area contributed by atoms with E-state index in [0.29, 0.717) is 5.88 Å². The number of benzene rings is 2. The van der Waals surface area contributed by atoms with Gasteiger partial charge >= 0.3 is 0 Å². The van der Waals surface area contributed by atoms with Crippen molar-refractivity contribution in [3.63, 3.8) is 0 Å². The summed E-state index contributed by atoms with van der Waals surface area (Å²) in [5, 5.41) is 1.22. The summed E-state index contributed by atoms with van der Waals surface area (Å²) in [5.74, 6) is 2.28. The van der Waals surface area contributed by atoms with Crippen LogP contribution in [0.3, 0.4) is 0 Å². The van der Waals surface area contributed by atoms with E-state index < -0.39 is 0 Å². The van der Waals surface area contributed by atoms with Gasteiger partial charge in [-0.15, -0.1) is 32.4 Å². The van der Waals surface area contributed by atoms with Gasteiger partial charge in [-0.2, -0.15) is 0 Å². The zero-order chi connectivity index (χ0) is 18.2. The number of hydrogen-bond donors (Lipinski definition) is 0. The monoisotopic (exact) mass is 398 g/mol. The molecule has 2 nitrogen and oxygen atoms in total. The van der Waals surface area contributed by atoms with Gasteiger partial charge in [-0.05, 0) is 47.8 Å². The fraction of sp³-hybridized carbons (Fsp3) is 0.400. The minimum Gasteiger partial charge on any atom is -0.496 e. The fourth-order valence-corrected chi connectivity index (χ4v) is 3.85. The highest BCUT2D eigenvalue weighted by molar-refractivity contribution is 7.27. The number of hydrogen-bond acceptors (Lipinski definition) is 2. The second kappa shape index (κ2) is 10.3. The molecule has 0 N–H and O–H groups in total. The van der Waals surface area contributed by atoms with Crippen LogP contribution in [0.5, 0.6) is 11.5 Å². The van der Waals surface area contributed by atoms with Crippen molar-refractivity contribution in [2.75, 3.05) is 20.1 Å². The number of unbranched alkanes of at least 4 members (excludes halogenated alkanes) is 1. The van der Waals surface area contributed by atoms with Gasteiger partial charge in [0.15, 0.2) is 0 Å². The first-order valence-electron chi connectivity index (χ1n) is 8.41. The van der Waals surface area contributed by atoms with Crippen LogP contribution < -0.4 is 14.8 Å². The van der Waals surface area contributed by atoms with Crippen LogP contribution in [-0.2, 0) is 6.42 Å². The summed E-state index contributed by atoms with van der Waals surface area (Å²) >= 11 is 12.4. The van der Waals surface area contributed by atoms with Gasteiger partial charge in [0.05, 0.1) is 19.8 Å². The molecule has 5 heteroatoms. The van der Waals surface area contributed by atoms with E-state index in [1.54, 1.807) is 14.2 Å². The van der Waals surface area contributed by atoms with Crippen molar-refractivity contribution in [2.24, 2.45) is 0 Å². The highest BCUT2D eigenvalue weighted by Crippen LogP contribution is 2.40. The number of halogens is 2. The van der Waals surface area contributed by atoms with Crippen LogP contribution in [0.4, 0.5) is 0 Å². The van der Waals surface area contributed by atoms with Crippen LogP contribution in [0.25, 0.3) is 11.1 Å². The van der Waals surface area contributed by atoms with E-state index >= 15 is 0 Å². The zero-order valence-electron chi connectivity index (χ0n) is 14.7. The van der Waals surface area contributed by atoms with E-state index in [1.807, 2.05) is 24.3 Å². The third-order valence-corrected chi connectivity index (χ3v) is 5.42. The van der Waals surface area contributed by atoms with Crippen molar-refractivity contribution >= 4 is 37.7 Å². The minimum absolute atomic E-state index is 0.0735. The topological polar surface area (TPSA) is 18.5 Å². The summed E-state index contributed by atoms with van der Waals surface area (Å²) in [5.41, 5.74) is 3.28. The van der Waals surface area contributed by atoms with Gasteiger partial charge in [0, 0.05) is 11.3 Å². The number of methoxy groups -OCH3 is 2. The molecule has 25 heavy (non-hydrogen) atoms. The molecule has 0 radical (unpaired) electrons. The summed E-state index contributed by atoms with van der Waals surface area (Å²) in [6, 6.07) is 12.1. The van der Waals surface area contributed by atoms with Gasteiger partial charge in [-0.1, -0.05) is 30.7 Å². The first kappa shape index (κ1) is 20.4. The Morgan fingerprint density at radius 2 is 1.64 bits per heavy atom. The maximum atomic E-state index is 6.61. The van der Waals surface area contributed by atoms with Crippen LogP contribution in [0.2, 0.25) is 0 Å². The van der Waals surface area contributed by atoms with Gasteiger partial charge in [0.1, 0.15) is 11.5 Å². The van der Waals surface area contributed by atoms with E-state index in [9.17, 15) is 0 Å². The fourth-order valence-electron chi connectivity index (χ4n) is 2.97. The SMILES string of the molecule is COc1cccc(OC)c1-c1cccc(P)c1CC(Cl)CCCCCl. The third-order valence-electron chi connectivity index (χ3n) is 4.24. The zero-order valence-corrected chi connectivity index (χ0v) is 17.4. The lowest BCUT2D eigenvalue weighted by atomic mass is 9.94. The van der Waals surface area contributed by atoms with Crippen LogP contribution in [0.15, 0.2) is 36.4 Å². The summed E-state index contributed by atoms with van der Waals surface area (Å²) in [4.78, 5) is 0. The molecule has 0 fully saturated rings. The maximum absolute atomic E-state index is 6.61. The highest BCUT2D eigenvalue weighted by Gasteiger charge is 2.19. The Balaban J connectivity index is 2.42. The molecule has 0 aliphatic rings. The van der Waals surface area contributed by atoms with Gasteiger partial charge in [-0.3, -0.25) is 0 Å². The van der Waals surface area contributed by atoms with Crippen molar-refractivity contribution in [3.8, 4) is 22.6 Å². The summed E-state index contributed by atoms with van der Waals surface area (Å²) in [6.07, 6.45) is 3.79. The molecule has 0 bridgehead atoms. The molecule has 2 aromatic rings. The molecule has 0 amide bonds. The average Bonchev–Trinajstić information content (AvgIpc) is 2.63. The van der Waals surface area contributed by atoms with Crippen molar-refractivity contribution in [1.29, 1.82) is 0 Å². The Labute approximate surface area is 163 Å². The van der Waals surface area contributed by atoms with E-state index in [2.05, 4.69) is 21.4 Å². The number of alkyl halides is 2. The standard InChI is InChI=1S/C20H25Cl2O2P/c1-23-17-9-6-10-18(24-2)20(17)15-8-5-11-19(25)16(15)13-14(22)7-3-4-12-21/h5-6,8-11,14H,3-4,7,12-13,25H2,1-2H3. The molecule has 136 valence electrons. The summed E-state index contributed by atoms with van der Waals surface area (Å²) in [6.45, 7) is 0. The lowest BCUT2D eigenvalue weighted by Gasteiger charge is -2.19. The maximum Gasteiger partial charge on any atom is 0.130 e. The summed E-state index contributed by atoms with van der Waals surface area (Å²) < 4.78 is 11.2. The predicted octanol–water partition coefficient (Wildman–Crippen LogP) is 5.43.